The zero-order chi connectivity index (χ0) is 23.1. The van der Waals surface area contributed by atoms with Crippen molar-refractivity contribution < 1.29 is 24.2 Å². The predicted octanol–water partition coefficient (Wildman–Crippen LogP) is 3.49. The number of non-ortho nitro benzene ring substituents is 2. The van der Waals surface area contributed by atoms with Gasteiger partial charge in [0.15, 0.2) is 0 Å². The third kappa shape index (κ3) is 5.57. The number of carbonyl (C=O) groups excluding carboxylic acids is 2. The monoisotopic (exact) mass is 434 g/mol. The van der Waals surface area contributed by atoms with Crippen molar-refractivity contribution in [1.82, 2.24) is 5.43 Å². The molecule has 1 N–H and O–H groups in total. The SMILES string of the molecule is O=C(N/N=C\c1ccc(OC(=O)c2cccc([N+](=O)[O-])c2)cc1)c1ccc([N+](=O)[O-])cc1. The van der Waals surface area contributed by atoms with Gasteiger partial charge < -0.3 is 4.74 Å². The van der Waals surface area contributed by atoms with Crippen molar-refractivity contribution in [3.8, 4) is 5.75 Å². The summed E-state index contributed by atoms with van der Waals surface area (Å²) in [5.74, 6) is -1.07. The Morgan fingerprint density at radius 2 is 1.50 bits per heavy atom. The van der Waals surface area contributed by atoms with Gasteiger partial charge in [-0.2, -0.15) is 5.10 Å². The van der Waals surface area contributed by atoms with E-state index in [4.69, 9.17) is 4.74 Å². The molecule has 0 saturated carbocycles. The van der Waals surface area contributed by atoms with E-state index in [0.29, 0.717) is 5.56 Å². The highest BCUT2D eigenvalue weighted by Gasteiger charge is 2.13. The standard InChI is InChI=1S/C21H14N4O7/c26-20(15-6-8-17(9-7-15)24(28)29)23-22-13-14-4-10-19(11-5-14)32-21(27)16-2-1-3-18(12-16)25(30)31/h1-13H,(H,23,26)/b22-13-. The molecule has 0 heterocycles. The molecule has 0 unspecified atom stereocenters. The summed E-state index contributed by atoms with van der Waals surface area (Å²) in [7, 11) is 0. The van der Waals surface area contributed by atoms with Crippen LogP contribution >= 0.6 is 0 Å². The van der Waals surface area contributed by atoms with E-state index in [-0.39, 0.29) is 28.3 Å². The van der Waals surface area contributed by atoms with Gasteiger partial charge in [0.1, 0.15) is 5.75 Å². The Hall–Kier alpha value is -4.93. The number of esters is 1. The van der Waals surface area contributed by atoms with Crippen LogP contribution in [0, 0.1) is 20.2 Å². The van der Waals surface area contributed by atoms with E-state index in [0.717, 1.165) is 6.07 Å². The first-order valence-corrected chi connectivity index (χ1v) is 8.98. The molecule has 0 bridgehead atoms. The third-order valence-corrected chi connectivity index (χ3v) is 4.10. The number of nitrogens with zero attached hydrogens (tertiary/aromatic N) is 3. The Morgan fingerprint density at radius 3 is 2.12 bits per heavy atom. The van der Waals surface area contributed by atoms with E-state index < -0.39 is 21.7 Å². The molecule has 3 aromatic rings. The fraction of sp³-hybridized carbons (Fsp3) is 0. The number of nitro groups is 2. The highest BCUT2D eigenvalue weighted by atomic mass is 16.6. The maximum absolute atomic E-state index is 12.2. The van der Waals surface area contributed by atoms with Crippen molar-refractivity contribution in [2.75, 3.05) is 0 Å². The average molecular weight is 434 g/mol. The van der Waals surface area contributed by atoms with Crippen molar-refractivity contribution in [1.29, 1.82) is 0 Å². The van der Waals surface area contributed by atoms with Crippen LogP contribution in [0.3, 0.4) is 0 Å². The number of nitro benzene ring substituents is 2. The summed E-state index contributed by atoms with van der Waals surface area (Å²) in [6.07, 6.45) is 1.36. The van der Waals surface area contributed by atoms with Gasteiger partial charge in [0, 0.05) is 29.8 Å². The number of rotatable bonds is 7. The van der Waals surface area contributed by atoms with Crippen molar-refractivity contribution in [2.24, 2.45) is 5.10 Å². The van der Waals surface area contributed by atoms with Gasteiger partial charge in [0.05, 0.1) is 21.6 Å². The summed E-state index contributed by atoms with van der Waals surface area (Å²) in [6, 6.07) is 16.4. The van der Waals surface area contributed by atoms with Crippen LogP contribution < -0.4 is 10.2 Å². The number of amides is 1. The molecule has 1 amide bonds. The summed E-state index contributed by atoms with van der Waals surface area (Å²) in [5.41, 5.74) is 2.78. The summed E-state index contributed by atoms with van der Waals surface area (Å²) in [6.45, 7) is 0. The second-order valence-electron chi connectivity index (χ2n) is 6.27. The zero-order valence-corrected chi connectivity index (χ0v) is 16.2. The lowest BCUT2D eigenvalue weighted by Crippen LogP contribution is -2.17. The number of ether oxygens (including phenoxy) is 1. The van der Waals surface area contributed by atoms with E-state index in [1.807, 2.05) is 0 Å². The highest BCUT2D eigenvalue weighted by molar-refractivity contribution is 5.95. The quantitative estimate of drug-likeness (QED) is 0.196. The molecule has 11 nitrogen and oxygen atoms in total. The van der Waals surface area contributed by atoms with E-state index in [1.165, 1.54) is 60.8 Å². The number of hydrogen-bond donors (Lipinski definition) is 1. The molecular weight excluding hydrogens is 420 g/mol. The van der Waals surface area contributed by atoms with Gasteiger partial charge in [0.2, 0.25) is 0 Å². The second kappa shape index (κ2) is 9.71. The molecule has 0 spiro atoms. The van der Waals surface area contributed by atoms with Crippen LogP contribution in [-0.4, -0.2) is 27.9 Å². The van der Waals surface area contributed by atoms with Gasteiger partial charge >= 0.3 is 5.97 Å². The van der Waals surface area contributed by atoms with E-state index in [1.54, 1.807) is 12.1 Å². The second-order valence-corrected chi connectivity index (χ2v) is 6.27. The van der Waals surface area contributed by atoms with Gasteiger partial charge in [-0.1, -0.05) is 6.07 Å². The van der Waals surface area contributed by atoms with Gasteiger partial charge in [0.25, 0.3) is 17.3 Å². The molecule has 0 aliphatic carbocycles. The van der Waals surface area contributed by atoms with E-state index in [2.05, 4.69) is 10.5 Å². The minimum absolute atomic E-state index is 0.0406. The van der Waals surface area contributed by atoms with E-state index in [9.17, 15) is 29.8 Å². The Bertz CT molecular complexity index is 1210. The maximum atomic E-state index is 12.2. The highest BCUT2D eigenvalue weighted by Crippen LogP contribution is 2.17. The van der Waals surface area contributed by atoms with E-state index >= 15 is 0 Å². The molecular formula is C21H14N4O7. The summed E-state index contributed by atoms with van der Waals surface area (Å²) >= 11 is 0. The molecule has 11 heteroatoms. The minimum Gasteiger partial charge on any atom is -0.423 e. The summed E-state index contributed by atoms with van der Waals surface area (Å²) in [5, 5.41) is 25.3. The lowest BCUT2D eigenvalue weighted by Gasteiger charge is -2.04. The molecule has 160 valence electrons. The van der Waals surface area contributed by atoms with Crippen LogP contribution in [-0.2, 0) is 0 Å². The number of carbonyl (C=O) groups is 2. The first-order valence-electron chi connectivity index (χ1n) is 8.98. The third-order valence-electron chi connectivity index (χ3n) is 4.10. The molecule has 0 aliphatic heterocycles. The van der Waals surface area contributed by atoms with Crippen LogP contribution in [0.1, 0.15) is 26.3 Å². The largest absolute Gasteiger partial charge is 0.423 e. The van der Waals surface area contributed by atoms with Crippen molar-refractivity contribution in [2.45, 2.75) is 0 Å². The van der Waals surface area contributed by atoms with Gasteiger partial charge in [-0.15, -0.1) is 0 Å². The Morgan fingerprint density at radius 1 is 0.844 bits per heavy atom. The first kappa shape index (κ1) is 21.8. The normalized spacial score (nSPS) is 10.5. The molecule has 0 aliphatic rings. The lowest BCUT2D eigenvalue weighted by molar-refractivity contribution is -0.385. The van der Waals surface area contributed by atoms with Crippen LogP contribution in [0.15, 0.2) is 77.9 Å². The van der Waals surface area contributed by atoms with Crippen molar-refractivity contribution in [3.05, 3.63) is 110 Å². The smallest absolute Gasteiger partial charge is 0.343 e. The Kier molecular flexibility index (Phi) is 6.61. The van der Waals surface area contributed by atoms with Crippen LogP contribution in [0.5, 0.6) is 5.75 Å². The topological polar surface area (TPSA) is 154 Å². The molecule has 0 saturated heterocycles. The maximum Gasteiger partial charge on any atom is 0.343 e. The number of benzene rings is 3. The number of hydrogen-bond acceptors (Lipinski definition) is 8. The molecule has 3 aromatic carbocycles. The molecule has 0 fully saturated rings. The van der Waals surface area contributed by atoms with Gasteiger partial charge in [-0.25, -0.2) is 10.2 Å². The molecule has 3 rings (SSSR count). The predicted molar refractivity (Wildman–Crippen MR) is 113 cm³/mol. The summed E-state index contributed by atoms with van der Waals surface area (Å²) in [4.78, 5) is 44.4. The summed E-state index contributed by atoms with van der Waals surface area (Å²) < 4.78 is 5.19. The van der Waals surface area contributed by atoms with Crippen molar-refractivity contribution >= 4 is 29.5 Å². The van der Waals surface area contributed by atoms with Crippen LogP contribution in [0.4, 0.5) is 11.4 Å². The Balaban J connectivity index is 1.57. The Labute approximate surface area is 180 Å². The first-order chi connectivity index (χ1) is 15.3. The van der Waals surface area contributed by atoms with Gasteiger partial charge in [-0.3, -0.25) is 25.0 Å². The zero-order valence-electron chi connectivity index (χ0n) is 16.2. The number of hydrazone groups is 1. The minimum atomic E-state index is -0.745. The number of nitrogens with one attached hydrogen (secondary N) is 1. The van der Waals surface area contributed by atoms with Crippen molar-refractivity contribution in [3.63, 3.8) is 0 Å². The molecule has 0 atom stereocenters. The van der Waals surface area contributed by atoms with Crippen LogP contribution in [0.2, 0.25) is 0 Å². The average Bonchev–Trinajstić information content (AvgIpc) is 2.80. The molecule has 32 heavy (non-hydrogen) atoms. The van der Waals surface area contributed by atoms with Crippen LogP contribution in [0.25, 0.3) is 0 Å². The van der Waals surface area contributed by atoms with Gasteiger partial charge in [-0.05, 0) is 48.0 Å². The fourth-order valence-corrected chi connectivity index (χ4v) is 2.50. The fourth-order valence-electron chi connectivity index (χ4n) is 2.50. The molecule has 0 radical (unpaired) electrons. The lowest BCUT2D eigenvalue weighted by atomic mass is 10.2. The molecule has 0 aromatic heterocycles.